The van der Waals surface area contributed by atoms with Crippen molar-refractivity contribution in [2.75, 3.05) is 37.8 Å². The van der Waals surface area contributed by atoms with Crippen LogP contribution in [0, 0.1) is 12.3 Å². The van der Waals surface area contributed by atoms with Gasteiger partial charge in [0.2, 0.25) is 5.88 Å². The van der Waals surface area contributed by atoms with Crippen molar-refractivity contribution in [3.8, 4) is 18.2 Å². The molecular weight excluding hydrogens is 350 g/mol. The van der Waals surface area contributed by atoms with Crippen LogP contribution in [0.4, 0.5) is 5.69 Å². The Morgan fingerprint density at radius 2 is 2.37 bits per heavy atom. The van der Waals surface area contributed by atoms with Crippen LogP contribution in [-0.4, -0.2) is 72.8 Å². The minimum absolute atomic E-state index is 0.0747. The molecule has 0 aromatic carbocycles. The Balaban J connectivity index is 1.59. The molecule has 0 bridgehead atoms. The van der Waals surface area contributed by atoms with Crippen molar-refractivity contribution in [3.05, 3.63) is 17.8 Å². The number of pyridine rings is 1. The van der Waals surface area contributed by atoms with Gasteiger partial charge < -0.3 is 29.5 Å². The van der Waals surface area contributed by atoms with Gasteiger partial charge in [0, 0.05) is 31.3 Å². The van der Waals surface area contributed by atoms with Gasteiger partial charge in [0.15, 0.2) is 0 Å². The SMILES string of the molecule is C#Cc1cnc(OC2CNC(C(=O)O)C2)c(N2CCOC3(COC3)[C@@H]2C)c1. The zero-order chi connectivity index (χ0) is 19.0. The van der Waals surface area contributed by atoms with Crippen LogP contribution in [0.1, 0.15) is 18.9 Å². The highest BCUT2D eigenvalue weighted by Gasteiger charge is 2.50. The lowest BCUT2D eigenvalue weighted by molar-refractivity contribution is -0.228. The van der Waals surface area contributed by atoms with Crippen molar-refractivity contribution in [3.63, 3.8) is 0 Å². The van der Waals surface area contributed by atoms with E-state index in [2.05, 4.69) is 28.0 Å². The van der Waals surface area contributed by atoms with E-state index in [1.54, 1.807) is 6.20 Å². The predicted molar refractivity (Wildman–Crippen MR) is 96.9 cm³/mol. The second-order valence-electron chi connectivity index (χ2n) is 7.24. The molecule has 2 N–H and O–H groups in total. The first-order valence-corrected chi connectivity index (χ1v) is 9.10. The highest BCUT2D eigenvalue weighted by molar-refractivity contribution is 5.74. The summed E-state index contributed by atoms with van der Waals surface area (Å²) in [7, 11) is 0. The number of rotatable bonds is 4. The van der Waals surface area contributed by atoms with Gasteiger partial charge in [-0.3, -0.25) is 4.79 Å². The third-order valence-corrected chi connectivity index (χ3v) is 5.62. The second-order valence-corrected chi connectivity index (χ2v) is 7.24. The van der Waals surface area contributed by atoms with Crippen molar-refractivity contribution < 1.29 is 24.1 Å². The van der Waals surface area contributed by atoms with E-state index in [-0.39, 0.29) is 17.7 Å². The molecule has 4 rings (SSSR count). The van der Waals surface area contributed by atoms with Crippen molar-refractivity contribution in [2.45, 2.75) is 37.1 Å². The summed E-state index contributed by atoms with van der Waals surface area (Å²) in [5, 5.41) is 12.1. The second kappa shape index (κ2) is 7.00. The number of terminal acetylenes is 1. The van der Waals surface area contributed by atoms with Gasteiger partial charge in [0.05, 0.1) is 25.9 Å². The number of nitrogens with one attached hydrogen (secondary N) is 1. The predicted octanol–water partition coefficient (Wildman–Crippen LogP) is 0.251. The smallest absolute Gasteiger partial charge is 0.320 e. The number of aromatic nitrogens is 1. The molecule has 3 atom stereocenters. The van der Waals surface area contributed by atoms with Crippen LogP contribution in [0.3, 0.4) is 0 Å². The Morgan fingerprint density at radius 1 is 1.56 bits per heavy atom. The van der Waals surface area contributed by atoms with Crippen LogP contribution in [-0.2, 0) is 14.3 Å². The standard InChI is InChI=1S/C19H23N3O5/c1-3-13-6-16(22-4-5-26-19(12(22)2)10-25-11-19)17(21-8-13)27-14-7-15(18(23)24)20-9-14/h1,6,8,12,14-15,20H,4-5,7,9-11H2,2H3,(H,23,24)/t12-,14?,15?/m0/s1. The van der Waals surface area contributed by atoms with Gasteiger partial charge in [-0.05, 0) is 13.0 Å². The van der Waals surface area contributed by atoms with Crippen molar-refractivity contribution in [2.24, 2.45) is 0 Å². The fraction of sp³-hybridized carbons (Fsp3) is 0.579. The number of carboxylic acids is 1. The number of carbonyl (C=O) groups is 1. The fourth-order valence-electron chi connectivity index (χ4n) is 3.86. The van der Waals surface area contributed by atoms with Gasteiger partial charge in [-0.1, -0.05) is 5.92 Å². The first-order valence-electron chi connectivity index (χ1n) is 9.10. The molecule has 1 aromatic rings. The van der Waals surface area contributed by atoms with E-state index < -0.39 is 12.0 Å². The van der Waals surface area contributed by atoms with Gasteiger partial charge in [0.1, 0.15) is 23.4 Å². The third kappa shape index (κ3) is 3.23. The number of hydrogen-bond acceptors (Lipinski definition) is 7. The number of anilines is 1. The minimum atomic E-state index is -0.870. The van der Waals surface area contributed by atoms with E-state index in [1.165, 1.54) is 0 Å². The van der Waals surface area contributed by atoms with Crippen LogP contribution in [0.5, 0.6) is 5.88 Å². The van der Waals surface area contributed by atoms with Gasteiger partial charge in [-0.15, -0.1) is 6.42 Å². The average Bonchev–Trinajstić information content (AvgIpc) is 3.10. The number of hydrogen-bond donors (Lipinski definition) is 2. The largest absolute Gasteiger partial charge is 0.480 e. The minimum Gasteiger partial charge on any atom is -0.480 e. The van der Waals surface area contributed by atoms with E-state index >= 15 is 0 Å². The van der Waals surface area contributed by atoms with Crippen LogP contribution < -0.4 is 15.0 Å². The molecule has 3 fully saturated rings. The number of nitrogens with zero attached hydrogens (tertiary/aromatic N) is 2. The molecular formula is C19H23N3O5. The number of ether oxygens (including phenoxy) is 3. The molecule has 0 radical (unpaired) electrons. The van der Waals surface area contributed by atoms with Gasteiger partial charge >= 0.3 is 5.97 Å². The summed E-state index contributed by atoms with van der Waals surface area (Å²) < 4.78 is 17.5. The number of morpholine rings is 1. The summed E-state index contributed by atoms with van der Waals surface area (Å²) in [5.74, 6) is 2.22. The fourth-order valence-corrected chi connectivity index (χ4v) is 3.86. The van der Waals surface area contributed by atoms with E-state index in [0.29, 0.717) is 50.8 Å². The van der Waals surface area contributed by atoms with E-state index in [1.807, 2.05) is 6.07 Å². The maximum atomic E-state index is 11.2. The maximum Gasteiger partial charge on any atom is 0.320 e. The van der Waals surface area contributed by atoms with Crippen molar-refractivity contribution in [1.82, 2.24) is 10.3 Å². The zero-order valence-corrected chi connectivity index (χ0v) is 15.2. The molecule has 27 heavy (non-hydrogen) atoms. The van der Waals surface area contributed by atoms with Crippen molar-refractivity contribution >= 4 is 11.7 Å². The Labute approximate surface area is 157 Å². The quantitative estimate of drug-likeness (QED) is 0.726. The number of aliphatic carboxylic acids is 1. The highest BCUT2D eigenvalue weighted by atomic mass is 16.6. The van der Waals surface area contributed by atoms with Gasteiger partial charge in [0.25, 0.3) is 0 Å². The summed E-state index contributed by atoms with van der Waals surface area (Å²) >= 11 is 0. The Morgan fingerprint density at radius 3 is 3.00 bits per heavy atom. The van der Waals surface area contributed by atoms with Crippen LogP contribution in [0.25, 0.3) is 0 Å². The van der Waals surface area contributed by atoms with E-state index in [9.17, 15) is 4.79 Å². The molecule has 4 heterocycles. The first-order chi connectivity index (χ1) is 13.0. The maximum absolute atomic E-state index is 11.2. The molecule has 2 unspecified atom stereocenters. The van der Waals surface area contributed by atoms with Crippen LogP contribution in [0.15, 0.2) is 12.3 Å². The molecule has 0 saturated carbocycles. The lowest BCUT2D eigenvalue weighted by Crippen LogP contribution is -2.68. The molecule has 3 saturated heterocycles. The summed E-state index contributed by atoms with van der Waals surface area (Å²) in [6.45, 7) is 4.97. The van der Waals surface area contributed by atoms with Crippen LogP contribution in [0.2, 0.25) is 0 Å². The Bertz CT molecular complexity index is 773. The average molecular weight is 373 g/mol. The summed E-state index contributed by atoms with van der Waals surface area (Å²) in [5.41, 5.74) is 1.17. The highest BCUT2D eigenvalue weighted by Crippen LogP contribution is 2.38. The monoisotopic (exact) mass is 373 g/mol. The molecule has 0 amide bonds. The molecule has 3 aliphatic rings. The summed E-state index contributed by atoms with van der Waals surface area (Å²) in [4.78, 5) is 17.8. The Kier molecular flexibility index (Phi) is 4.68. The van der Waals surface area contributed by atoms with Gasteiger partial charge in [-0.2, -0.15) is 0 Å². The normalized spacial score (nSPS) is 29.2. The lowest BCUT2D eigenvalue weighted by Gasteiger charge is -2.53. The lowest BCUT2D eigenvalue weighted by atomic mass is 9.90. The molecule has 8 heteroatoms. The topological polar surface area (TPSA) is 93.2 Å². The Hall–Kier alpha value is -2.34. The van der Waals surface area contributed by atoms with Crippen LogP contribution >= 0.6 is 0 Å². The molecule has 1 spiro atoms. The van der Waals surface area contributed by atoms with Gasteiger partial charge in [-0.25, -0.2) is 4.98 Å². The summed E-state index contributed by atoms with van der Waals surface area (Å²) in [6.07, 6.45) is 7.30. The molecule has 0 aliphatic carbocycles. The molecule has 3 aliphatic heterocycles. The van der Waals surface area contributed by atoms with Crippen molar-refractivity contribution in [1.29, 1.82) is 0 Å². The van der Waals surface area contributed by atoms with E-state index in [4.69, 9.17) is 25.7 Å². The molecule has 1 aromatic heterocycles. The zero-order valence-electron chi connectivity index (χ0n) is 15.2. The summed E-state index contributed by atoms with van der Waals surface area (Å²) in [6, 6.07) is 1.38. The molecule has 144 valence electrons. The first kappa shape index (κ1) is 18.0. The third-order valence-electron chi connectivity index (χ3n) is 5.62. The molecule has 8 nitrogen and oxygen atoms in total. The number of carboxylic acid groups (broad SMARTS) is 1. The van der Waals surface area contributed by atoms with E-state index in [0.717, 1.165) is 5.69 Å².